The van der Waals surface area contributed by atoms with Crippen LogP contribution in [0.5, 0.6) is 34.5 Å². The summed E-state index contributed by atoms with van der Waals surface area (Å²) < 4.78 is 54.9. The Morgan fingerprint density at radius 2 is 0.761 bits per heavy atom. The number of ether oxygens (including phenoxy) is 7. The molecule has 0 saturated heterocycles. The summed E-state index contributed by atoms with van der Waals surface area (Å²) in [4.78, 5) is 0. The largest absolute Gasteiger partial charge is 0.522 e. The van der Waals surface area contributed by atoms with Gasteiger partial charge in [-0.15, -0.1) is 70.8 Å². The summed E-state index contributed by atoms with van der Waals surface area (Å²) in [5.74, 6) is 9.98. The number of benzene rings is 6. The van der Waals surface area contributed by atoms with Crippen LogP contribution in [0.2, 0.25) is 0 Å². The van der Waals surface area contributed by atoms with Crippen molar-refractivity contribution in [2.24, 2.45) is 34.5 Å². The van der Waals surface area contributed by atoms with Crippen molar-refractivity contribution < 1.29 is 140 Å². The van der Waals surface area contributed by atoms with E-state index in [1.54, 1.807) is 107 Å². The number of fused-ring (bicyclic) bond motifs is 5. The fraction of sp³-hybridized carbons (Fsp3) is 0.538. The number of rotatable bonds is 10. The first-order valence-electron chi connectivity index (χ1n) is 31.5. The second-order valence-electron chi connectivity index (χ2n) is 24.2. The van der Waals surface area contributed by atoms with Gasteiger partial charge in [0.15, 0.2) is 0 Å². The van der Waals surface area contributed by atoms with E-state index in [0.29, 0.717) is 23.7 Å². The fourth-order valence-electron chi connectivity index (χ4n) is 10.1. The molecule has 4 aliphatic carbocycles. The van der Waals surface area contributed by atoms with Gasteiger partial charge in [0.25, 0.3) is 0 Å². The van der Waals surface area contributed by atoms with Crippen molar-refractivity contribution in [1.29, 1.82) is 0 Å². The van der Waals surface area contributed by atoms with Gasteiger partial charge < -0.3 is 33.2 Å². The van der Waals surface area contributed by atoms with Crippen LogP contribution in [0.3, 0.4) is 0 Å². The molecule has 9 nitrogen and oxygen atoms in total. The average Bonchev–Trinajstić information content (AvgIpc) is 1.61. The quantitative estimate of drug-likeness (QED) is 0.123. The molecule has 3 radical (unpaired) electrons. The number of hydrogen-bond donors (Lipinski definition) is 0. The summed E-state index contributed by atoms with van der Waals surface area (Å²) in [6.45, 7) is 21.8. The molecule has 14 heteroatoms. The maximum atomic E-state index is 9.63. The van der Waals surface area contributed by atoms with Gasteiger partial charge in [-0.1, -0.05) is 114 Å². The SMILES string of the molecule is C1CC2C3CCC(C3)C2C1.CC.CC(C)(C)C.CC1(C)CCCCC1.CCC.COC.COc1cc[c-]cc1.COc1cc[c-]cc1.COc1cc[c-]cc1.COc1cc[c-]cc1Cc1c[c-]cc(Cc2c[c-]ccc2OC)c1OC.CS(C)(=O)=O.CSC.[Y].[Y].[Y]. The van der Waals surface area contributed by atoms with E-state index in [1.165, 1.54) is 62.2 Å². The predicted molar refractivity (Wildman–Crippen MR) is 381 cm³/mol. The minimum atomic E-state index is -2.67. The van der Waals surface area contributed by atoms with Gasteiger partial charge >= 0.3 is 0 Å². The summed E-state index contributed by atoms with van der Waals surface area (Å²) in [5, 5.41) is 0. The van der Waals surface area contributed by atoms with Crippen LogP contribution < -0.4 is 28.4 Å². The van der Waals surface area contributed by atoms with Crippen molar-refractivity contribution >= 4 is 21.6 Å². The second kappa shape index (κ2) is 61.1. The first-order chi connectivity index (χ1) is 42.5. The summed E-state index contributed by atoms with van der Waals surface area (Å²) in [6.07, 6.45) is 25.9. The molecule has 92 heavy (non-hydrogen) atoms. The van der Waals surface area contributed by atoms with Crippen molar-refractivity contribution in [3.8, 4) is 34.5 Å². The van der Waals surface area contributed by atoms with E-state index in [0.717, 1.165) is 69.3 Å². The van der Waals surface area contributed by atoms with Crippen LogP contribution in [0.1, 0.15) is 169 Å². The molecule has 4 fully saturated rings. The third kappa shape index (κ3) is 50.1. The van der Waals surface area contributed by atoms with Gasteiger partial charge in [0.05, 0.1) is 42.7 Å². The smallest absolute Gasteiger partial charge is 0.144 e. The second-order valence-corrected chi connectivity index (χ2v) is 27.3. The molecule has 4 saturated carbocycles. The van der Waals surface area contributed by atoms with Crippen molar-refractivity contribution in [2.75, 3.05) is 81.9 Å². The summed E-state index contributed by atoms with van der Waals surface area (Å²) in [7, 11) is 10.6. The normalized spacial score (nSPS) is 15.8. The van der Waals surface area contributed by atoms with Crippen LogP contribution in [-0.2, 0) is 126 Å². The van der Waals surface area contributed by atoms with Crippen molar-refractivity contribution in [2.45, 2.75) is 159 Å². The zero-order valence-electron chi connectivity index (χ0n) is 61.0. The van der Waals surface area contributed by atoms with E-state index in [2.05, 4.69) is 96.5 Å². The predicted octanol–water partition coefficient (Wildman–Crippen LogP) is 20.0. The Morgan fingerprint density at radius 3 is 1.00 bits per heavy atom. The number of thioether (sulfide) groups is 1. The third-order valence-corrected chi connectivity index (χ3v) is 13.6. The maximum Gasteiger partial charge on any atom is 0.144 e. The molecule has 6 aromatic rings. The molecule has 0 aliphatic heterocycles. The van der Waals surface area contributed by atoms with E-state index in [4.69, 9.17) is 28.4 Å². The Kier molecular flexibility index (Phi) is 65.3. The van der Waals surface area contributed by atoms with Crippen molar-refractivity contribution in [3.05, 3.63) is 180 Å². The molecule has 0 N–H and O–H groups in total. The zero-order valence-corrected chi connectivity index (χ0v) is 71.1. The Labute approximate surface area is 644 Å². The van der Waals surface area contributed by atoms with E-state index in [1.807, 2.05) is 148 Å². The van der Waals surface area contributed by atoms with E-state index in [9.17, 15) is 8.42 Å². The number of sulfone groups is 1. The molecule has 0 spiro atoms. The minimum Gasteiger partial charge on any atom is -0.522 e. The molecule has 10 rings (SSSR count). The average molecular weight is 1530 g/mol. The van der Waals surface area contributed by atoms with Crippen LogP contribution in [0.15, 0.2) is 121 Å². The van der Waals surface area contributed by atoms with Gasteiger partial charge in [0.2, 0.25) is 0 Å². The summed E-state index contributed by atoms with van der Waals surface area (Å²) in [6, 6.07) is 55.5. The molecule has 0 aromatic heterocycles. The molecular weight excluding hydrogens is 1410 g/mol. The van der Waals surface area contributed by atoms with Gasteiger partial charge in [0.1, 0.15) is 9.84 Å². The summed E-state index contributed by atoms with van der Waals surface area (Å²) >= 11 is 1.75. The monoisotopic (exact) mass is 1530 g/mol. The summed E-state index contributed by atoms with van der Waals surface area (Å²) in [5.41, 5.74) is 5.41. The molecular formula is C78H118O9S2Y3-6. The van der Waals surface area contributed by atoms with Crippen molar-refractivity contribution in [3.63, 3.8) is 0 Å². The minimum absolute atomic E-state index is 0. The van der Waals surface area contributed by atoms with Gasteiger partial charge in [-0.2, -0.15) is 121 Å². The molecule has 4 aliphatic rings. The Hall–Kier alpha value is -2.31. The Morgan fingerprint density at radius 1 is 0.478 bits per heavy atom. The van der Waals surface area contributed by atoms with Crippen LogP contribution in [0.25, 0.3) is 0 Å². The van der Waals surface area contributed by atoms with E-state index in [-0.39, 0.29) is 98.1 Å². The van der Waals surface area contributed by atoms with Crippen LogP contribution >= 0.6 is 11.8 Å². The first kappa shape index (κ1) is 98.4. The maximum absolute atomic E-state index is 9.63. The van der Waals surface area contributed by atoms with Crippen LogP contribution in [0.4, 0.5) is 0 Å². The standard InChI is InChI=1S/C23H21O3.C10H16.C8H16.3C7H7O.C5H12.C3H8.C2H6O2S.C2H6O.C2H6S.C2H6.3Y/c1-24-21-13-6-4-9-17(21)15-19-11-8-12-20(23(19)26-3)16-18-10-5-7-14-22(18)25-2;1-2-9-7-4-5-8(6-7)10(9)3-1;1-8(2)6-4-3-5-7-8;3*1-8-7-5-3-2-4-6-7;1-5(2,3)4;1-3-2;1-5(2,3)4;2*1-3-2;1-2;;;/h6-7,9-14H,15-16H2,1-3H3;7-10H,1-6H2;3-7H2,1-2H3;3*3-6H,1H3;1-4H3;3H2,1-2H3;1-2H3;2*1-2H3;1-2H3;;;/q-3;;;3*-1;;;;;;;;;. The zero-order chi connectivity index (χ0) is 67.5. The third-order valence-electron chi connectivity index (χ3n) is 13.6. The number of methoxy groups -OCH3 is 7. The van der Waals surface area contributed by atoms with Crippen molar-refractivity contribution in [1.82, 2.24) is 0 Å². The molecule has 4 atom stereocenters. The van der Waals surface area contributed by atoms with Gasteiger partial charge in [-0.3, -0.25) is 0 Å². The molecule has 0 heterocycles. The first-order valence-corrected chi connectivity index (χ1v) is 35.5. The van der Waals surface area contributed by atoms with Gasteiger partial charge in [0, 0.05) is 159 Å². The molecule has 0 amide bonds. The Bertz CT molecular complexity index is 2490. The van der Waals surface area contributed by atoms with Crippen LogP contribution in [0, 0.1) is 70.9 Å². The van der Waals surface area contributed by atoms with E-state index < -0.39 is 9.84 Å². The molecule has 4 unspecified atom stereocenters. The molecule has 2 bridgehead atoms. The molecule has 511 valence electrons. The Balaban J connectivity index is -0.000000325. The van der Waals surface area contributed by atoms with Gasteiger partial charge in [-0.25, -0.2) is 8.42 Å². The molecule has 6 aromatic carbocycles. The number of hydrogen-bond acceptors (Lipinski definition) is 10. The topological polar surface area (TPSA) is 98.8 Å². The fourth-order valence-corrected chi connectivity index (χ4v) is 10.1. The van der Waals surface area contributed by atoms with Gasteiger partial charge in [-0.05, 0) is 92.0 Å². The van der Waals surface area contributed by atoms with E-state index >= 15 is 0 Å². The van der Waals surface area contributed by atoms with Crippen LogP contribution in [-0.4, -0.2) is 90.3 Å².